The number of hydrogen-bond donors (Lipinski definition) is 2. The Kier molecular flexibility index (Phi) is 2.40. The van der Waals surface area contributed by atoms with Crippen molar-refractivity contribution in [2.24, 2.45) is 0 Å². The average Bonchev–Trinajstić information content (AvgIpc) is 2.18. The molecule has 1 aromatic carbocycles. The largest absolute Gasteiger partial charge is 0.508 e. The lowest BCUT2D eigenvalue weighted by Gasteiger charge is -2.31. The van der Waals surface area contributed by atoms with Gasteiger partial charge >= 0.3 is 0 Å². The van der Waals surface area contributed by atoms with Crippen LogP contribution in [0.3, 0.4) is 0 Å². The number of benzene rings is 1. The molecule has 2 rings (SSSR count). The number of aromatic hydroxyl groups is 1. The highest BCUT2D eigenvalue weighted by Crippen LogP contribution is 2.35. The van der Waals surface area contributed by atoms with Gasteiger partial charge in [-0.1, -0.05) is 12.6 Å². The van der Waals surface area contributed by atoms with Gasteiger partial charge in [-0.3, -0.25) is 0 Å². The fraction of sp³-hybridized carbons (Fsp3) is 0.333. The molecule has 1 aliphatic heterocycles. The third-order valence-corrected chi connectivity index (χ3v) is 2.61. The maximum absolute atomic E-state index is 9.81. The minimum Gasteiger partial charge on any atom is -0.508 e. The van der Waals surface area contributed by atoms with E-state index in [1.54, 1.807) is 18.2 Å². The van der Waals surface area contributed by atoms with Crippen LogP contribution in [0.25, 0.3) is 0 Å². The van der Waals surface area contributed by atoms with Gasteiger partial charge in [0.15, 0.2) is 0 Å². The summed E-state index contributed by atoms with van der Waals surface area (Å²) < 4.78 is 5.58. The summed E-state index contributed by atoms with van der Waals surface area (Å²) in [7, 11) is 0. The molecule has 0 unspecified atom stereocenters. The zero-order valence-corrected chi connectivity index (χ0v) is 8.60. The predicted octanol–water partition coefficient (Wildman–Crippen LogP) is 1.63. The molecular weight excluding hydrogens is 192 g/mol. The van der Waals surface area contributed by atoms with E-state index in [4.69, 9.17) is 4.74 Å². The fourth-order valence-corrected chi connectivity index (χ4v) is 1.83. The number of hydrogen-bond acceptors (Lipinski definition) is 3. The van der Waals surface area contributed by atoms with Crippen LogP contribution in [0.1, 0.15) is 12.5 Å². The summed E-state index contributed by atoms with van der Waals surface area (Å²) in [6.45, 7) is 5.60. The second-order valence-corrected chi connectivity index (χ2v) is 3.91. The van der Waals surface area contributed by atoms with Gasteiger partial charge in [0, 0.05) is 12.0 Å². The van der Waals surface area contributed by atoms with E-state index >= 15 is 0 Å². The van der Waals surface area contributed by atoms with Crippen LogP contribution in [0.4, 0.5) is 0 Å². The summed E-state index contributed by atoms with van der Waals surface area (Å²) in [6.07, 6.45) is -0.609. The molecule has 80 valence electrons. The van der Waals surface area contributed by atoms with Gasteiger partial charge in [0.05, 0.1) is 6.10 Å². The van der Waals surface area contributed by atoms with Crippen LogP contribution in [0.2, 0.25) is 0 Å². The lowest BCUT2D eigenvalue weighted by Crippen LogP contribution is -2.37. The molecule has 0 saturated heterocycles. The topological polar surface area (TPSA) is 49.7 Å². The Hall–Kier alpha value is -1.48. The summed E-state index contributed by atoms with van der Waals surface area (Å²) in [6, 6.07) is 5.11. The first-order valence-electron chi connectivity index (χ1n) is 4.90. The normalized spacial score (nSPS) is 24.1. The molecule has 0 radical (unpaired) electrons. The monoisotopic (exact) mass is 206 g/mol. The van der Waals surface area contributed by atoms with Crippen molar-refractivity contribution in [2.75, 3.05) is 0 Å². The summed E-state index contributed by atoms with van der Waals surface area (Å²) in [5.74, 6) is 0.806. The number of aliphatic hydroxyl groups excluding tert-OH is 1. The highest BCUT2D eigenvalue weighted by Gasteiger charge is 2.30. The van der Waals surface area contributed by atoms with Gasteiger partial charge in [-0.25, -0.2) is 0 Å². The van der Waals surface area contributed by atoms with E-state index in [0.29, 0.717) is 17.7 Å². The van der Waals surface area contributed by atoms with Crippen LogP contribution in [0.5, 0.6) is 11.5 Å². The molecule has 1 aliphatic rings. The number of rotatable bonds is 1. The van der Waals surface area contributed by atoms with E-state index in [2.05, 4.69) is 6.58 Å². The SMILES string of the molecule is C=C(C)[C@H]1Oc2cccc(O)c2C[C@@H]1O. The van der Waals surface area contributed by atoms with E-state index in [-0.39, 0.29) is 11.9 Å². The maximum Gasteiger partial charge on any atom is 0.145 e. The molecule has 2 atom stereocenters. The van der Waals surface area contributed by atoms with Gasteiger partial charge in [0.25, 0.3) is 0 Å². The van der Waals surface area contributed by atoms with Crippen LogP contribution in [0.15, 0.2) is 30.4 Å². The Bertz CT molecular complexity index is 398. The van der Waals surface area contributed by atoms with Crippen molar-refractivity contribution in [2.45, 2.75) is 25.6 Å². The van der Waals surface area contributed by atoms with Crippen LogP contribution in [-0.4, -0.2) is 22.4 Å². The molecule has 2 N–H and O–H groups in total. The van der Waals surface area contributed by atoms with Crippen LogP contribution >= 0.6 is 0 Å². The van der Waals surface area contributed by atoms with Crippen LogP contribution < -0.4 is 4.74 Å². The third kappa shape index (κ3) is 1.70. The van der Waals surface area contributed by atoms with Crippen molar-refractivity contribution in [3.63, 3.8) is 0 Å². The molecule has 0 spiro atoms. The molecule has 0 aromatic heterocycles. The lowest BCUT2D eigenvalue weighted by atomic mass is 9.95. The third-order valence-electron chi connectivity index (χ3n) is 2.61. The molecule has 0 saturated carbocycles. The van der Waals surface area contributed by atoms with Gasteiger partial charge in [0.1, 0.15) is 17.6 Å². The molecule has 0 fully saturated rings. The van der Waals surface area contributed by atoms with E-state index in [9.17, 15) is 10.2 Å². The molecule has 0 amide bonds. The van der Waals surface area contributed by atoms with E-state index < -0.39 is 6.10 Å². The van der Waals surface area contributed by atoms with Gasteiger partial charge in [-0.15, -0.1) is 0 Å². The molecule has 1 aromatic rings. The number of phenols is 1. The lowest BCUT2D eigenvalue weighted by molar-refractivity contribution is 0.0420. The summed E-state index contributed by atoms with van der Waals surface area (Å²) in [5.41, 5.74) is 1.46. The average molecular weight is 206 g/mol. The number of aliphatic hydroxyl groups is 1. The first-order valence-corrected chi connectivity index (χ1v) is 4.90. The molecule has 0 bridgehead atoms. The van der Waals surface area contributed by atoms with Crippen molar-refractivity contribution < 1.29 is 14.9 Å². The standard InChI is InChI=1S/C12H14O3/c1-7(2)12-10(14)6-8-9(13)4-3-5-11(8)15-12/h3-5,10,12-14H,1,6H2,2H3/t10-,12+/m0/s1. The Morgan fingerprint density at radius 2 is 2.27 bits per heavy atom. The minimum atomic E-state index is -0.636. The van der Waals surface area contributed by atoms with Crippen molar-refractivity contribution in [1.29, 1.82) is 0 Å². The zero-order valence-electron chi connectivity index (χ0n) is 8.60. The quantitative estimate of drug-likeness (QED) is 0.687. The molecule has 15 heavy (non-hydrogen) atoms. The smallest absolute Gasteiger partial charge is 0.145 e. The summed E-state index contributed by atoms with van der Waals surface area (Å²) >= 11 is 0. The van der Waals surface area contributed by atoms with E-state index in [1.807, 2.05) is 6.92 Å². The Morgan fingerprint density at radius 1 is 1.53 bits per heavy atom. The Morgan fingerprint density at radius 3 is 2.93 bits per heavy atom. The summed E-state index contributed by atoms with van der Waals surface area (Å²) in [4.78, 5) is 0. The molecule has 3 nitrogen and oxygen atoms in total. The van der Waals surface area contributed by atoms with Gasteiger partial charge in [-0.2, -0.15) is 0 Å². The molecular formula is C12H14O3. The van der Waals surface area contributed by atoms with Crippen LogP contribution in [-0.2, 0) is 6.42 Å². The van der Waals surface area contributed by atoms with Crippen molar-refractivity contribution >= 4 is 0 Å². The Labute approximate surface area is 88.6 Å². The van der Waals surface area contributed by atoms with E-state index in [1.165, 1.54) is 0 Å². The molecule has 1 heterocycles. The molecule has 3 heteroatoms. The fourth-order valence-electron chi connectivity index (χ4n) is 1.83. The highest BCUT2D eigenvalue weighted by atomic mass is 16.5. The zero-order chi connectivity index (χ0) is 11.0. The van der Waals surface area contributed by atoms with Crippen molar-refractivity contribution in [1.82, 2.24) is 0 Å². The predicted molar refractivity (Wildman–Crippen MR) is 57.0 cm³/mol. The van der Waals surface area contributed by atoms with Gasteiger partial charge in [-0.05, 0) is 24.6 Å². The van der Waals surface area contributed by atoms with Crippen LogP contribution in [0, 0.1) is 0 Å². The summed E-state index contributed by atoms with van der Waals surface area (Å²) in [5, 5.41) is 19.4. The highest BCUT2D eigenvalue weighted by molar-refractivity contribution is 5.46. The first-order chi connectivity index (χ1) is 7.09. The van der Waals surface area contributed by atoms with Gasteiger partial charge < -0.3 is 14.9 Å². The number of fused-ring (bicyclic) bond motifs is 1. The Balaban J connectivity index is 2.38. The van der Waals surface area contributed by atoms with Crippen molar-refractivity contribution in [3.8, 4) is 11.5 Å². The van der Waals surface area contributed by atoms with E-state index in [0.717, 1.165) is 5.57 Å². The first kappa shape index (κ1) is 10.1. The van der Waals surface area contributed by atoms with Crippen molar-refractivity contribution in [3.05, 3.63) is 35.9 Å². The second kappa shape index (κ2) is 3.59. The second-order valence-electron chi connectivity index (χ2n) is 3.91. The number of phenolic OH excluding ortho intramolecular Hbond substituents is 1. The minimum absolute atomic E-state index is 0.173. The molecule has 0 aliphatic carbocycles. The maximum atomic E-state index is 9.81. The number of ether oxygens (including phenoxy) is 1. The van der Waals surface area contributed by atoms with Gasteiger partial charge in [0.2, 0.25) is 0 Å².